The van der Waals surface area contributed by atoms with Gasteiger partial charge in [0.05, 0.1) is 6.61 Å². The van der Waals surface area contributed by atoms with E-state index in [9.17, 15) is 15.3 Å². The van der Waals surface area contributed by atoms with Crippen molar-refractivity contribution >= 4 is 0 Å². The van der Waals surface area contributed by atoms with E-state index in [0.717, 1.165) is 0 Å². The second kappa shape index (κ2) is 4.32. The molecule has 4 N–H and O–H groups in total. The van der Waals surface area contributed by atoms with Crippen LogP contribution in [0, 0.1) is 0 Å². The van der Waals surface area contributed by atoms with Gasteiger partial charge in [-0.05, 0) is 0 Å². The smallest absolute Gasteiger partial charge is 0.186 e. The molecule has 5 atom stereocenters. The van der Waals surface area contributed by atoms with Crippen molar-refractivity contribution in [1.82, 2.24) is 0 Å². The van der Waals surface area contributed by atoms with Crippen molar-refractivity contribution in [2.24, 2.45) is 0 Å². The summed E-state index contributed by atoms with van der Waals surface area (Å²) < 4.78 is 9.65. The molecule has 0 aromatic rings. The van der Waals surface area contributed by atoms with Crippen LogP contribution < -0.4 is 0 Å². The molecular formula is C7H14O6. The molecule has 4 unspecified atom stereocenters. The van der Waals surface area contributed by atoms with Gasteiger partial charge in [0.15, 0.2) is 6.29 Å². The molecule has 0 saturated carbocycles. The largest absolute Gasteiger partial charge is 0.394 e. The van der Waals surface area contributed by atoms with Gasteiger partial charge in [-0.1, -0.05) is 0 Å². The topological polar surface area (TPSA) is 99.4 Å². The number of hydrogen-bond donors (Lipinski definition) is 4. The minimum absolute atomic E-state index is 0.440. The van der Waals surface area contributed by atoms with E-state index < -0.39 is 37.3 Å². The highest BCUT2D eigenvalue weighted by molar-refractivity contribution is 4.88. The summed E-state index contributed by atoms with van der Waals surface area (Å²) in [6, 6.07) is 0. The Hall–Kier alpha value is -0.240. The molecule has 0 aliphatic carbocycles. The number of methoxy groups -OCH3 is 1. The lowest BCUT2D eigenvalue weighted by Crippen LogP contribution is -2.58. The van der Waals surface area contributed by atoms with Gasteiger partial charge < -0.3 is 29.9 Å². The summed E-state index contributed by atoms with van der Waals surface area (Å²) in [6.45, 7) is -0.440. The number of ether oxygens (including phenoxy) is 2. The van der Waals surface area contributed by atoms with Gasteiger partial charge in [-0.25, -0.2) is 0 Å². The minimum atomic E-state index is -1.36. The third kappa shape index (κ3) is 1.98. The highest BCUT2D eigenvalue weighted by atomic mass is 16.7. The standard InChI is InChI=1S/C7H14O6/c1-12-7-6(11)5(10)4(9)3(2-8)13-7/h3-11H,2H2,1H3/t3?,4-,5?,6?,7?/m1/s1. The van der Waals surface area contributed by atoms with Crippen LogP contribution in [0.1, 0.15) is 0 Å². The molecular weight excluding hydrogens is 180 g/mol. The van der Waals surface area contributed by atoms with Crippen LogP contribution in [-0.2, 0) is 9.47 Å². The van der Waals surface area contributed by atoms with E-state index in [4.69, 9.17) is 14.6 Å². The summed E-state index contributed by atoms with van der Waals surface area (Å²) in [5.74, 6) is 0. The van der Waals surface area contributed by atoms with Crippen molar-refractivity contribution in [2.45, 2.75) is 30.7 Å². The fraction of sp³-hybridized carbons (Fsp3) is 1.00. The van der Waals surface area contributed by atoms with Crippen LogP contribution in [-0.4, -0.2) is 64.8 Å². The van der Waals surface area contributed by atoms with E-state index in [1.54, 1.807) is 0 Å². The molecule has 0 amide bonds. The summed E-state index contributed by atoms with van der Waals surface area (Å²) in [5, 5.41) is 36.6. The number of rotatable bonds is 2. The van der Waals surface area contributed by atoms with Crippen LogP contribution in [0.2, 0.25) is 0 Å². The van der Waals surface area contributed by atoms with E-state index in [-0.39, 0.29) is 0 Å². The van der Waals surface area contributed by atoms with Crippen molar-refractivity contribution in [3.63, 3.8) is 0 Å². The van der Waals surface area contributed by atoms with E-state index in [1.165, 1.54) is 7.11 Å². The molecule has 0 radical (unpaired) electrons. The Balaban J connectivity index is 2.66. The first-order valence-corrected chi connectivity index (χ1v) is 3.95. The zero-order valence-corrected chi connectivity index (χ0v) is 7.20. The first-order valence-electron chi connectivity index (χ1n) is 3.95. The third-order valence-corrected chi connectivity index (χ3v) is 2.08. The molecule has 6 nitrogen and oxygen atoms in total. The summed E-state index contributed by atoms with van der Waals surface area (Å²) in [6.07, 6.45) is -5.91. The summed E-state index contributed by atoms with van der Waals surface area (Å²) >= 11 is 0. The minimum Gasteiger partial charge on any atom is -0.394 e. The Labute approximate surface area is 75.3 Å². The van der Waals surface area contributed by atoms with Gasteiger partial charge in [0.1, 0.15) is 24.4 Å². The summed E-state index contributed by atoms with van der Waals surface area (Å²) in [5.41, 5.74) is 0. The molecule has 0 aromatic carbocycles. The average Bonchev–Trinajstić information content (AvgIpc) is 2.15. The molecule has 78 valence electrons. The maximum atomic E-state index is 9.28. The first kappa shape index (κ1) is 10.8. The van der Waals surface area contributed by atoms with Crippen molar-refractivity contribution in [2.75, 3.05) is 13.7 Å². The molecule has 1 aliphatic heterocycles. The fourth-order valence-electron chi connectivity index (χ4n) is 1.26. The normalized spacial score (nSPS) is 46.4. The second-order valence-corrected chi connectivity index (χ2v) is 2.93. The van der Waals surface area contributed by atoms with Gasteiger partial charge in [-0.3, -0.25) is 0 Å². The molecule has 1 heterocycles. The molecule has 6 heteroatoms. The Bertz CT molecular complexity index is 143. The number of hydrogen-bond acceptors (Lipinski definition) is 6. The van der Waals surface area contributed by atoms with Crippen LogP contribution >= 0.6 is 0 Å². The van der Waals surface area contributed by atoms with Crippen molar-refractivity contribution in [3.05, 3.63) is 0 Å². The predicted molar refractivity (Wildman–Crippen MR) is 40.8 cm³/mol. The number of aliphatic hydroxyl groups is 4. The van der Waals surface area contributed by atoms with Gasteiger partial charge in [0.2, 0.25) is 0 Å². The Morgan fingerprint density at radius 3 is 2.23 bits per heavy atom. The lowest BCUT2D eigenvalue weighted by Gasteiger charge is -2.38. The maximum absolute atomic E-state index is 9.28. The SMILES string of the molecule is COC1OC(CO)[C@@H](O)C(O)C1O. The van der Waals surface area contributed by atoms with Gasteiger partial charge in [-0.2, -0.15) is 0 Å². The second-order valence-electron chi connectivity index (χ2n) is 2.93. The lowest BCUT2D eigenvalue weighted by atomic mass is 9.99. The zero-order valence-electron chi connectivity index (χ0n) is 7.20. The first-order chi connectivity index (χ1) is 6.11. The van der Waals surface area contributed by atoms with Gasteiger partial charge in [-0.15, -0.1) is 0 Å². The van der Waals surface area contributed by atoms with E-state index in [0.29, 0.717) is 0 Å². The van der Waals surface area contributed by atoms with E-state index in [2.05, 4.69) is 0 Å². The van der Waals surface area contributed by atoms with Crippen LogP contribution in [0.3, 0.4) is 0 Å². The average molecular weight is 194 g/mol. The molecule has 1 saturated heterocycles. The zero-order chi connectivity index (χ0) is 10.0. The molecule has 0 bridgehead atoms. The number of aliphatic hydroxyl groups excluding tert-OH is 4. The predicted octanol–water partition coefficient (Wildman–Crippen LogP) is -2.57. The Morgan fingerprint density at radius 1 is 1.15 bits per heavy atom. The van der Waals surface area contributed by atoms with Crippen molar-refractivity contribution in [1.29, 1.82) is 0 Å². The van der Waals surface area contributed by atoms with Crippen LogP contribution in [0.25, 0.3) is 0 Å². The van der Waals surface area contributed by atoms with Crippen LogP contribution in [0.5, 0.6) is 0 Å². The van der Waals surface area contributed by atoms with Gasteiger partial charge >= 0.3 is 0 Å². The molecule has 0 spiro atoms. The molecule has 1 aliphatic rings. The molecule has 13 heavy (non-hydrogen) atoms. The van der Waals surface area contributed by atoms with Gasteiger partial charge in [0.25, 0.3) is 0 Å². The van der Waals surface area contributed by atoms with E-state index >= 15 is 0 Å². The highest BCUT2D eigenvalue weighted by Gasteiger charge is 2.43. The monoisotopic (exact) mass is 194 g/mol. The molecule has 1 fully saturated rings. The Kier molecular flexibility index (Phi) is 3.60. The van der Waals surface area contributed by atoms with Crippen molar-refractivity contribution < 1.29 is 29.9 Å². The van der Waals surface area contributed by atoms with Gasteiger partial charge in [0, 0.05) is 7.11 Å². The van der Waals surface area contributed by atoms with Crippen LogP contribution in [0.15, 0.2) is 0 Å². The third-order valence-electron chi connectivity index (χ3n) is 2.08. The molecule has 1 rings (SSSR count). The van der Waals surface area contributed by atoms with E-state index in [1.807, 2.05) is 0 Å². The van der Waals surface area contributed by atoms with Crippen molar-refractivity contribution in [3.8, 4) is 0 Å². The quantitative estimate of drug-likeness (QED) is 0.386. The summed E-state index contributed by atoms with van der Waals surface area (Å²) in [7, 11) is 1.30. The Morgan fingerprint density at radius 2 is 1.77 bits per heavy atom. The highest BCUT2D eigenvalue weighted by Crippen LogP contribution is 2.20. The maximum Gasteiger partial charge on any atom is 0.186 e. The summed E-state index contributed by atoms with van der Waals surface area (Å²) in [4.78, 5) is 0. The molecule has 0 aromatic heterocycles. The lowest BCUT2D eigenvalue weighted by molar-refractivity contribution is -0.294. The fourth-order valence-corrected chi connectivity index (χ4v) is 1.26. The van der Waals surface area contributed by atoms with Crippen LogP contribution in [0.4, 0.5) is 0 Å².